The summed E-state index contributed by atoms with van der Waals surface area (Å²) < 4.78 is 12.9. The molecule has 0 saturated heterocycles. The van der Waals surface area contributed by atoms with E-state index < -0.39 is 5.82 Å². The van der Waals surface area contributed by atoms with Crippen LogP contribution in [-0.2, 0) is 0 Å². The number of aromatic nitrogens is 1. The Morgan fingerprint density at radius 3 is 2.94 bits per heavy atom. The Labute approximate surface area is 104 Å². The Balaban J connectivity index is 1.96. The van der Waals surface area contributed by atoms with Crippen LogP contribution in [0.4, 0.5) is 4.39 Å². The van der Waals surface area contributed by atoms with Gasteiger partial charge in [-0.15, -0.1) is 0 Å². The molecule has 17 heavy (non-hydrogen) atoms. The number of carbonyl (C=O) groups excluding carboxylic acids is 1. The van der Waals surface area contributed by atoms with Crippen molar-refractivity contribution in [3.8, 4) is 0 Å². The molecule has 1 heterocycles. The van der Waals surface area contributed by atoms with Gasteiger partial charge in [-0.25, -0.2) is 9.37 Å². The molecule has 5 heteroatoms. The zero-order valence-electron chi connectivity index (χ0n) is 9.38. The van der Waals surface area contributed by atoms with Crippen molar-refractivity contribution < 1.29 is 9.18 Å². The molecule has 3 nitrogen and oxygen atoms in total. The second-order valence-electron chi connectivity index (χ2n) is 4.35. The van der Waals surface area contributed by atoms with E-state index in [4.69, 9.17) is 11.6 Å². The van der Waals surface area contributed by atoms with Crippen molar-refractivity contribution in [2.45, 2.75) is 25.7 Å². The monoisotopic (exact) mass is 256 g/mol. The molecule has 0 atom stereocenters. The number of nitrogens with one attached hydrogen (secondary N) is 1. The summed E-state index contributed by atoms with van der Waals surface area (Å²) >= 11 is 5.75. The normalized spacial score (nSPS) is 16.1. The number of halogens is 2. The van der Waals surface area contributed by atoms with Crippen molar-refractivity contribution in [2.24, 2.45) is 5.92 Å². The predicted molar refractivity (Wildman–Crippen MR) is 63.5 cm³/mol. The van der Waals surface area contributed by atoms with E-state index in [1.54, 1.807) is 0 Å². The topological polar surface area (TPSA) is 42.0 Å². The van der Waals surface area contributed by atoms with Crippen LogP contribution < -0.4 is 5.32 Å². The zero-order valence-corrected chi connectivity index (χ0v) is 10.1. The molecule has 1 aliphatic carbocycles. The summed E-state index contributed by atoms with van der Waals surface area (Å²) in [6.45, 7) is 0.631. The smallest absolute Gasteiger partial charge is 0.254 e. The second-order valence-corrected chi connectivity index (χ2v) is 4.71. The molecule has 0 aromatic carbocycles. The van der Waals surface area contributed by atoms with Crippen LogP contribution in [-0.4, -0.2) is 17.4 Å². The van der Waals surface area contributed by atoms with Crippen LogP contribution in [0.3, 0.4) is 0 Å². The van der Waals surface area contributed by atoms with Crippen molar-refractivity contribution in [1.82, 2.24) is 10.3 Å². The van der Waals surface area contributed by atoms with Gasteiger partial charge in [0.15, 0.2) is 0 Å². The number of amides is 1. The molecule has 92 valence electrons. The summed E-state index contributed by atoms with van der Waals surface area (Å²) in [4.78, 5) is 15.4. The first kappa shape index (κ1) is 12.3. The van der Waals surface area contributed by atoms with Gasteiger partial charge in [0, 0.05) is 6.54 Å². The molecule has 1 aromatic heterocycles. The third kappa shape index (κ3) is 3.16. The summed E-state index contributed by atoms with van der Waals surface area (Å²) in [6, 6.07) is 1.11. The van der Waals surface area contributed by atoms with Gasteiger partial charge in [0.05, 0.1) is 11.8 Å². The maximum absolute atomic E-state index is 12.9. The van der Waals surface area contributed by atoms with Crippen molar-refractivity contribution in [1.29, 1.82) is 0 Å². The van der Waals surface area contributed by atoms with Crippen LogP contribution >= 0.6 is 11.6 Å². The van der Waals surface area contributed by atoms with Gasteiger partial charge in [0.2, 0.25) is 0 Å². The second kappa shape index (κ2) is 5.45. The first-order valence-corrected chi connectivity index (χ1v) is 6.14. The molecular formula is C12H14ClFN2O. The molecule has 0 bridgehead atoms. The molecule has 1 aliphatic rings. The van der Waals surface area contributed by atoms with E-state index in [2.05, 4.69) is 10.3 Å². The Morgan fingerprint density at radius 1 is 1.53 bits per heavy atom. The van der Waals surface area contributed by atoms with Crippen molar-refractivity contribution in [3.05, 3.63) is 28.8 Å². The van der Waals surface area contributed by atoms with Gasteiger partial charge >= 0.3 is 0 Å². The SMILES string of the molecule is O=C(NCC1CCCC1)c1cc(F)cnc1Cl. The molecule has 0 unspecified atom stereocenters. The predicted octanol–water partition coefficient (Wildman–Crippen LogP) is 2.79. The maximum Gasteiger partial charge on any atom is 0.254 e. The van der Waals surface area contributed by atoms with Crippen LogP contribution in [0.25, 0.3) is 0 Å². The molecule has 0 spiro atoms. The average molecular weight is 257 g/mol. The van der Waals surface area contributed by atoms with E-state index >= 15 is 0 Å². The highest BCUT2D eigenvalue weighted by atomic mass is 35.5. The van der Waals surface area contributed by atoms with Gasteiger partial charge in [-0.1, -0.05) is 24.4 Å². The Hall–Kier alpha value is -1.16. The molecule has 1 saturated carbocycles. The van der Waals surface area contributed by atoms with Crippen LogP contribution in [0.5, 0.6) is 0 Å². The summed E-state index contributed by atoms with van der Waals surface area (Å²) in [5.74, 6) is -0.367. The fourth-order valence-electron chi connectivity index (χ4n) is 2.13. The highest BCUT2D eigenvalue weighted by Crippen LogP contribution is 2.24. The van der Waals surface area contributed by atoms with Crippen LogP contribution in [0.1, 0.15) is 36.0 Å². The Kier molecular flexibility index (Phi) is 3.94. The van der Waals surface area contributed by atoms with Crippen molar-refractivity contribution in [2.75, 3.05) is 6.54 Å². The lowest BCUT2D eigenvalue weighted by molar-refractivity contribution is 0.0946. The summed E-state index contributed by atoms with van der Waals surface area (Å²) in [6.07, 6.45) is 5.74. The standard InChI is InChI=1S/C12H14ClFN2O/c13-11-10(5-9(14)7-15-11)12(17)16-6-8-3-1-2-4-8/h5,7-8H,1-4,6H2,(H,16,17). The van der Waals surface area contributed by atoms with Gasteiger partial charge < -0.3 is 5.32 Å². The van der Waals surface area contributed by atoms with Crippen molar-refractivity contribution in [3.63, 3.8) is 0 Å². The number of rotatable bonds is 3. The number of hydrogen-bond donors (Lipinski definition) is 1. The van der Waals surface area contributed by atoms with Gasteiger partial charge in [0.1, 0.15) is 11.0 Å². The molecule has 1 N–H and O–H groups in total. The summed E-state index contributed by atoms with van der Waals surface area (Å²) in [7, 11) is 0. The minimum Gasteiger partial charge on any atom is -0.352 e. The minimum absolute atomic E-state index is 0.0373. The lowest BCUT2D eigenvalue weighted by atomic mass is 10.1. The third-order valence-electron chi connectivity index (χ3n) is 3.08. The van der Waals surface area contributed by atoms with Gasteiger partial charge in [0.25, 0.3) is 5.91 Å². The first-order chi connectivity index (χ1) is 8.16. The lowest BCUT2D eigenvalue weighted by Gasteiger charge is -2.10. The van der Waals surface area contributed by atoms with Gasteiger partial charge in [-0.3, -0.25) is 4.79 Å². The number of pyridine rings is 1. The van der Waals surface area contributed by atoms with Gasteiger partial charge in [-0.05, 0) is 24.8 Å². The van der Waals surface area contributed by atoms with Crippen LogP contribution in [0.15, 0.2) is 12.3 Å². The summed E-state index contributed by atoms with van der Waals surface area (Å²) in [5, 5.41) is 2.82. The molecule has 1 fully saturated rings. The fourth-order valence-corrected chi connectivity index (χ4v) is 2.32. The first-order valence-electron chi connectivity index (χ1n) is 5.76. The Bertz CT molecular complexity index is 419. The van der Waals surface area contributed by atoms with E-state index in [1.807, 2.05) is 0 Å². The maximum atomic E-state index is 12.9. The minimum atomic E-state index is -0.555. The number of carbonyl (C=O) groups is 1. The highest BCUT2D eigenvalue weighted by Gasteiger charge is 2.17. The molecule has 2 rings (SSSR count). The zero-order chi connectivity index (χ0) is 12.3. The molecular weight excluding hydrogens is 243 g/mol. The van der Waals surface area contributed by atoms with E-state index in [1.165, 1.54) is 12.8 Å². The fraction of sp³-hybridized carbons (Fsp3) is 0.500. The van der Waals surface area contributed by atoms with Crippen LogP contribution in [0.2, 0.25) is 5.15 Å². The molecule has 0 radical (unpaired) electrons. The summed E-state index contributed by atoms with van der Waals surface area (Å²) in [5.41, 5.74) is 0.102. The molecule has 1 aromatic rings. The number of hydrogen-bond acceptors (Lipinski definition) is 2. The quantitative estimate of drug-likeness (QED) is 0.845. The third-order valence-corrected chi connectivity index (χ3v) is 3.38. The highest BCUT2D eigenvalue weighted by molar-refractivity contribution is 6.32. The van der Waals surface area contributed by atoms with Crippen LogP contribution in [0, 0.1) is 11.7 Å². The van der Waals surface area contributed by atoms with E-state index in [0.29, 0.717) is 12.5 Å². The largest absolute Gasteiger partial charge is 0.352 e. The van der Waals surface area contributed by atoms with Crippen molar-refractivity contribution >= 4 is 17.5 Å². The molecule has 0 aliphatic heterocycles. The number of nitrogens with zero attached hydrogens (tertiary/aromatic N) is 1. The van der Waals surface area contributed by atoms with E-state index in [-0.39, 0.29) is 16.6 Å². The molecule has 1 amide bonds. The lowest BCUT2D eigenvalue weighted by Crippen LogP contribution is -2.28. The van der Waals surface area contributed by atoms with E-state index in [9.17, 15) is 9.18 Å². The Morgan fingerprint density at radius 2 is 2.24 bits per heavy atom. The van der Waals surface area contributed by atoms with Gasteiger partial charge in [-0.2, -0.15) is 0 Å². The van der Waals surface area contributed by atoms with E-state index in [0.717, 1.165) is 25.1 Å². The average Bonchev–Trinajstić information content (AvgIpc) is 2.82.